The van der Waals surface area contributed by atoms with Gasteiger partial charge < -0.3 is 15.1 Å². The lowest BCUT2D eigenvalue weighted by molar-refractivity contribution is -0.137. The number of hydrogen-bond donors (Lipinski definition) is 1. The van der Waals surface area contributed by atoms with E-state index in [4.69, 9.17) is 0 Å². The second kappa shape index (κ2) is 10.2. The summed E-state index contributed by atoms with van der Waals surface area (Å²) in [4.78, 5) is 33.9. The molecule has 37 heavy (non-hydrogen) atoms. The first-order valence-electron chi connectivity index (χ1n) is 12.4. The molecule has 2 aliphatic rings. The van der Waals surface area contributed by atoms with Gasteiger partial charge in [-0.05, 0) is 79.8 Å². The maximum absolute atomic E-state index is 13.4. The number of hydrogen-bond acceptors (Lipinski definition) is 4. The molecular formula is C28H27F3N4O2. The van der Waals surface area contributed by atoms with Crippen LogP contribution in [0.3, 0.4) is 0 Å². The summed E-state index contributed by atoms with van der Waals surface area (Å²) >= 11 is 0. The zero-order valence-electron chi connectivity index (χ0n) is 20.2. The van der Waals surface area contributed by atoms with Gasteiger partial charge in [0, 0.05) is 42.9 Å². The summed E-state index contributed by atoms with van der Waals surface area (Å²) in [6.45, 7) is 1.77. The zero-order valence-corrected chi connectivity index (χ0v) is 20.2. The first-order valence-corrected chi connectivity index (χ1v) is 12.4. The van der Waals surface area contributed by atoms with Crippen LogP contribution in [0.5, 0.6) is 0 Å². The number of alkyl halides is 3. The summed E-state index contributed by atoms with van der Waals surface area (Å²) < 4.78 is 40.2. The average Bonchev–Trinajstić information content (AvgIpc) is 3.32. The van der Waals surface area contributed by atoms with E-state index in [-0.39, 0.29) is 17.9 Å². The summed E-state index contributed by atoms with van der Waals surface area (Å²) in [5.74, 6) is -0.513. The van der Waals surface area contributed by atoms with Gasteiger partial charge in [-0.2, -0.15) is 13.2 Å². The molecule has 1 fully saturated rings. The topological polar surface area (TPSA) is 65.5 Å². The summed E-state index contributed by atoms with van der Waals surface area (Å²) in [5, 5.41) is 2.85. The smallest absolute Gasteiger partial charge is 0.371 e. The summed E-state index contributed by atoms with van der Waals surface area (Å²) in [5.41, 5.74) is 2.70. The number of benzene rings is 2. The molecule has 0 unspecified atom stereocenters. The van der Waals surface area contributed by atoms with Crippen LogP contribution in [-0.4, -0.2) is 36.4 Å². The van der Waals surface area contributed by atoms with Crippen molar-refractivity contribution >= 4 is 28.9 Å². The second-order valence-corrected chi connectivity index (χ2v) is 9.37. The number of nitrogens with one attached hydrogen (secondary N) is 1. The number of nitrogens with zero attached hydrogens (tertiary/aromatic N) is 3. The number of fused-ring (bicyclic) bond motifs is 1. The Morgan fingerprint density at radius 3 is 2.46 bits per heavy atom. The number of halogens is 3. The van der Waals surface area contributed by atoms with E-state index < -0.39 is 17.6 Å². The van der Waals surface area contributed by atoms with Gasteiger partial charge in [0.25, 0.3) is 5.91 Å². The monoisotopic (exact) mass is 508 g/mol. The zero-order chi connectivity index (χ0) is 26.0. The lowest BCUT2D eigenvalue weighted by Crippen LogP contribution is -2.31. The maximum atomic E-state index is 13.4. The van der Waals surface area contributed by atoms with Crippen molar-refractivity contribution < 1.29 is 22.8 Å². The van der Waals surface area contributed by atoms with Gasteiger partial charge in [-0.25, -0.2) is 0 Å². The van der Waals surface area contributed by atoms with E-state index in [1.165, 1.54) is 6.07 Å². The molecule has 3 heterocycles. The first-order chi connectivity index (χ1) is 17.8. The van der Waals surface area contributed by atoms with Gasteiger partial charge >= 0.3 is 6.18 Å². The van der Waals surface area contributed by atoms with Crippen LogP contribution in [0.4, 0.5) is 30.2 Å². The number of anilines is 3. The molecule has 9 heteroatoms. The Kier molecular flexibility index (Phi) is 6.86. The van der Waals surface area contributed by atoms with Crippen molar-refractivity contribution in [1.82, 2.24) is 4.98 Å². The lowest BCUT2D eigenvalue weighted by atomic mass is 10.0. The van der Waals surface area contributed by atoms with E-state index in [0.717, 1.165) is 42.6 Å². The van der Waals surface area contributed by atoms with Crippen molar-refractivity contribution in [2.75, 3.05) is 34.8 Å². The summed E-state index contributed by atoms with van der Waals surface area (Å²) in [7, 11) is 0. The minimum atomic E-state index is -4.49. The highest BCUT2D eigenvalue weighted by molar-refractivity contribution is 6.08. The average molecular weight is 509 g/mol. The van der Waals surface area contributed by atoms with Crippen LogP contribution in [0.1, 0.15) is 46.4 Å². The molecular weight excluding hydrogens is 481 g/mol. The molecule has 3 aromatic rings. The van der Waals surface area contributed by atoms with Crippen LogP contribution in [0.2, 0.25) is 0 Å². The van der Waals surface area contributed by atoms with Crippen LogP contribution < -0.4 is 15.1 Å². The lowest BCUT2D eigenvalue weighted by Gasteiger charge is -2.31. The molecule has 6 nitrogen and oxygen atoms in total. The molecule has 0 aliphatic carbocycles. The predicted molar refractivity (Wildman–Crippen MR) is 136 cm³/mol. The van der Waals surface area contributed by atoms with Gasteiger partial charge in [0.2, 0.25) is 5.91 Å². The molecule has 1 saturated heterocycles. The molecule has 0 radical (unpaired) electrons. The van der Waals surface area contributed by atoms with Crippen molar-refractivity contribution in [2.24, 2.45) is 0 Å². The van der Waals surface area contributed by atoms with E-state index in [2.05, 4.69) is 10.3 Å². The molecule has 1 aromatic heterocycles. The molecule has 0 bridgehead atoms. The number of pyridine rings is 1. The fourth-order valence-corrected chi connectivity index (χ4v) is 4.99. The number of piperidine rings is 1. The highest BCUT2D eigenvalue weighted by Crippen LogP contribution is 2.35. The fraction of sp³-hybridized carbons (Fsp3) is 0.321. The minimum Gasteiger partial charge on any atom is -0.371 e. The van der Waals surface area contributed by atoms with Gasteiger partial charge in [0.05, 0.1) is 23.2 Å². The van der Waals surface area contributed by atoms with E-state index in [1.54, 1.807) is 29.3 Å². The third kappa shape index (κ3) is 5.45. The molecule has 0 saturated carbocycles. The van der Waals surface area contributed by atoms with E-state index in [0.29, 0.717) is 43.1 Å². The normalized spacial score (nSPS) is 15.4. The molecule has 0 spiro atoms. The Morgan fingerprint density at radius 2 is 1.73 bits per heavy atom. The molecule has 2 aromatic carbocycles. The Bertz CT molecular complexity index is 1300. The Morgan fingerprint density at radius 1 is 0.919 bits per heavy atom. The standard InChI is InChI=1S/C28H27F3N4O2/c29-28(30,31)20-7-9-23(25(17-20)34-13-4-1-5-14-34)27(37)33-22-8-10-24-19(16-22)11-15-35(24)26(36)18-21-6-2-3-12-32-21/h2-3,6-10,12,16-17H,1,4-5,11,13-15,18H2,(H,33,37). The van der Waals surface area contributed by atoms with Crippen molar-refractivity contribution in [2.45, 2.75) is 38.3 Å². The van der Waals surface area contributed by atoms with Crippen molar-refractivity contribution in [1.29, 1.82) is 0 Å². The third-order valence-corrected chi connectivity index (χ3v) is 6.86. The number of carbonyl (C=O) groups excluding carboxylic acids is 2. The Labute approximate surface area is 213 Å². The highest BCUT2D eigenvalue weighted by atomic mass is 19.4. The van der Waals surface area contributed by atoms with E-state index in [9.17, 15) is 22.8 Å². The van der Waals surface area contributed by atoms with Crippen molar-refractivity contribution in [3.8, 4) is 0 Å². The summed E-state index contributed by atoms with van der Waals surface area (Å²) in [6.07, 6.45) is 0.781. The SMILES string of the molecule is O=C(Nc1ccc2c(c1)CCN2C(=O)Cc1ccccn1)c1ccc(C(F)(F)F)cc1N1CCCCC1. The van der Waals surface area contributed by atoms with E-state index in [1.807, 2.05) is 23.1 Å². The molecule has 2 aliphatic heterocycles. The molecule has 5 rings (SSSR count). The van der Waals surface area contributed by atoms with Crippen LogP contribution in [0.15, 0.2) is 60.8 Å². The quantitative estimate of drug-likeness (QED) is 0.496. The summed E-state index contributed by atoms with van der Waals surface area (Å²) in [6, 6.07) is 14.1. The first kappa shape index (κ1) is 24.8. The number of carbonyl (C=O) groups is 2. The highest BCUT2D eigenvalue weighted by Gasteiger charge is 2.33. The van der Waals surface area contributed by atoms with Gasteiger partial charge in [-0.3, -0.25) is 14.6 Å². The second-order valence-electron chi connectivity index (χ2n) is 9.37. The van der Waals surface area contributed by atoms with E-state index >= 15 is 0 Å². The van der Waals surface area contributed by atoms with Gasteiger partial charge in [-0.1, -0.05) is 6.07 Å². The molecule has 192 valence electrons. The minimum absolute atomic E-state index is 0.0508. The van der Waals surface area contributed by atoms with Gasteiger partial charge in [0.15, 0.2) is 0 Å². The Balaban J connectivity index is 1.34. The van der Waals surface area contributed by atoms with Gasteiger partial charge in [-0.15, -0.1) is 0 Å². The van der Waals surface area contributed by atoms with Crippen LogP contribution in [0, 0.1) is 0 Å². The van der Waals surface area contributed by atoms with Crippen LogP contribution >= 0.6 is 0 Å². The van der Waals surface area contributed by atoms with Crippen LogP contribution in [-0.2, 0) is 23.8 Å². The third-order valence-electron chi connectivity index (χ3n) is 6.86. The molecule has 0 atom stereocenters. The number of rotatable bonds is 5. The Hall–Kier alpha value is -3.88. The molecule has 1 N–H and O–H groups in total. The van der Waals surface area contributed by atoms with Crippen molar-refractivity contribution in [3.05, 3.63) is 83.2 Å². The predicted octanol–water partition coefficient (Wildman–Crippen LogP) is 5.47. The maximum Gasteiger partial charge on any atom is 0.416 e. The number of aromatic nitrogens is 1. The van der Waals surface area contributed by atoms with Crippen molar-refractivity contribution in [3.63, 3.8) is 0 Å². The fourth-order valence-electron chi connectivity index (χ4n) is 4.99. The largest absolute Gasteiger partial charge is 0.416 e. The number of amides is 2. The van der Waals surface area contributed by atoms with Gasteiger partial charge in [0.1, 0.15) is 0 Å². The molecule has 2 amide bonds. The van der Waals surface area contributed by atoms with Crippen LogP contribution in [0.25, 0.3) is 0 Å².